The largest absolute Gasteiger partial charge is 0.480 e. The molecule has 4 unspecified atom stereocenters. The maximum Gasteiger partial charge on any atom is 0.324 e. The van der Waals surface area contributed by atoms with Gasteiger partial charge in [0.1, 0.15) is 5.54 Å². The number of aliphatic carboxylic acids is 1. The van der Waals surface area contributed by atoms with Gasteiger partial charge >= 0.3 is 5.97 Å². The summed E-state index contributed by atoms with van der Waals surface area (Å²) in [4.78, 5) is 14.5. The first-order valence-corrected chi connectivity index (χ1v) is 8.60. The fourth-order valence-electron chi connectivity index (χ4n) is 4.54. The van der Waals surface area contributed by atoms with E-state index in [1.54, 1.807) is 0 Å². The molecule has 1 aliphatic carbocycles. The van der Waals surface area contributed by atoms with Gasteiger partial charge in [0.05, 0.1) is 0 Å². The van der Waals surface area contributed by atoms with Gasteiger partial charge in [-0.3, -0.25) is 10.1 Å². The molecule has 1 aliphatic heterocycles. The summed E-state index contributed by atoms with van der Waals surface area (Å²) in [7, 11) is 0. The normalized spacial score (nSPS) is 37.5. The second kappa shape index (κ2) is 6.66. The third kappa shape index (κ3) is 3.59. The zero-order valence-electron chi connectivity index (χ0n) is 14.1. The SMILES string of the molecule is CC1CC(C)N(CCC2CCCC2(NC(C)C)C(=O)O)C1. The van der Waals surface area contributed by atoms with Crippen LogP contribution in [0.5, 0.6) is 0 Å². The van der Waals surface area contributed by atoms with Crippen molar-refractivity contribution in [3.63, 3.8) is 0 Å². The first kappa shape index (κ1) is 16.8. The van der Waals surface area contributed by atoms with Crippen molar-refractivity contribution in [2.24, 2.45) is 11.8 Å². The Kier molecular flexibility index (Phi) is 5.31. The van der Waals surface area contributed by atoms with Gasteiger partial charge in [0, 0.05) is 18.6 Å². The van der Waals surface area contributed by atoms with E-state index in [4.69, 9.17) is 0 Å². The maximum atomic E-state index is 11.9. The van der Waals surface area contributed by atoms with Crippen LogP contribution in [0.15, 0.2) is 0 Å². The van der Waals surface area contributed by atoms with Gasteiger partial charge in [-0.15, -0.1) is 0 Å². The van der Waals surface area contributed by atoms with E-state index in [9.17, 15) is 9.90 Å². The van der Waals surface area contributed by atoms with E-state index in [0.717, 1.165) is 38.1 Å². The molecule has 2 fully saturated rings. The van der Waals surface area contributed by atoms with Gasteiger partial charge < -0.3 is 10.0 Å². The molecule has 2 aliphatic rings. The number of carbonyl (C=O) groups is 1. The number of hydrogen-bond acceptors (Lipinski definition) is 3. The Labute approximate surface area is 129 Å². The Morgan fingerprint density at radius 3 is 2.67 bits per heavy atom. The summed E-state index contributed by atoms with van der Waals surface area (Å²) in [5.41, 5.74) is -0.692. The highest BCUT2D eigenvalue weighted by Gasteiger charge is 2.49. The van der Waals surface area contributed by atoms with E-state index in [1.165, 1.54) is 13.0 Å². The van der Waals surface area contributed by atoms with Crippen molar-refractivity contribution in [3.05, 3.63) is 0 Å². The smallest absolute Gasteiger partial charge is 0.324 e. The van der Waals surface area contributed by atoms with Crippen molar-refractivity contribution in [1.82, 2.24) is 10.2 Å². The molecule has 0 amide bonds. The number of nitrogens with zero attached hydrogens (tertiary/aromatic N) is 1. The highest BCUT2D eigenvalue weighted by molar-refractivity contribution is 5.79. The molecule has 0 bridgehead atoms. The Bertz CT molecular complexity index is 372. The van der Waals surface area contributed by atoms with E-state index in [-0.39, 0.29) is 12.0 Å². The van der Waals surface area contributed by atoms with Gasteiger partial charge in [-0.05, 0) is 64.8 Å². The number of hydrogen-bond donors (Lipinski definition) is 2. The van der Waals surface area contributed by atoms with Gasteiger partial charge in [-0.1, -0.05) is 13.3 Å². The Balaban J connectivity index is 1.99. The molecule has 2 rings (SSSR count). The van der Waals surface area contributed by atoms with E-state index in [2.05, 4.69) is 24.1 Å². The molecule has 1 saturated heterocycles. The van der Waals surface area contributed by atoms with Crippen LogP contribution in [0.2, 0.25) is 0 Å². The second-order valence-electron chi connectivity index (χ2n) is 7.64. The lowest BCUT2D eigenvalue weighted by Gasteiger charge is -2.35. The predicted molar refractivity (Wildman–Crippen MR) is 85.4 cm³/mol. The van der Waals surface area contributed by atoms with Crippen LogP contribution < -0.4 is 5.32 Å². The quantitative estimate of drug-likeness (QED) is 0.791. The maximum absolute atomic E-state index is 11.9. The van der Waals surface area contributed by atoms with Crippen LogP contribution >= 0.6 is 0 Å². The van der Waals surface area contributed by atoms with Crippen LogP contribution in [0.25, 0.3) is 0 Å². The number of nitrogens with one attached hydrogen (secondary N) is 1. The standard InChI is InChI=1S/C17H32N2O2/c1-12(2)18-17(16(20)21)8-5-6-15(17)7-9-19-11-13(3)10-14(19)4/h12-15,18H,5-11H2,1-4H3,(H,20,21). The first-order valence-electron chi connectivity index (χ1n) is 8.60. The van der Waals surface area contributed by atoms with Crippen LogP contribution in [0.1, 0.15) is 59.8 Å². The zero-order chi connectivity index (χ0) is 15.6. The fraction of sp³-hybridized carbons (Fsp3) is 0.941. The summed E-state index contributed by atoms with van der Waals surface area (Å²) in [5.74, 6) is 0.392. The molecule has 122 valence electrons. The molecule has 0 radical (unpaired) electrons. The second-order valence-corrected chi connectivity index (χ2v) is 7.64. The van der Waals surface area contributed by atoms with E-state index < -0.39 is 11.5 Å². The molecule has 1 saturated carbocycles. The van der Waals surface area contributed by atoms with Crippen molar-refractivity contribution >= 4 is 5.97 Å². The Morgan fingerprint density at radius 1 is 1.43 bits per heavy atom. The number of carboxylic acid groups (broad SMARTS) is 1. The number of rotatable bonds is 6. The molecule has 0 aromatic carbocycles. The summed E-state index contributed by atoms with van der Waals surface area (Å²) >= 11 is 0. The molecule has 2 N–H and O–H groups in total. The Morgan fingerprint density at radius 2 is 2.14 bits per heavy atom. The van der Waals surface area contributed by atoms with Gasteiger partial charge in [0.2, 0.25) is 0 Å². The average Bonchev–Trinajstić information content (AvgIpc) is 2.90. The van der Waals surface area contributed by atoms with E-state index in [1.807, 2.05) is 13.8 Å². The van der Waals surface area contributed by atoms with Crippen LogP contribution in [0.3, 0.4) is 0 Å². The lowest BCUT2D eigenvalue weighted by Crippen LogP contribution is -2.57. The molecule has 1 heterocycles. The first-order chi connectivity index (χ1) is 9.85. The van der Waals surface area contributed by atoms with Crippen molar-refractivity contribution in [2.45, 2.75) is 77.4 Å². The predicted octanol–water partition coefficient (Wildman–Crippen LogP) is 2.73. The minimum absolute atomic E-state index is 0.215. The summed E-state index contributed by atoms with van der Waals surface area (Å²) in [5, 5.41) is 13.2. The third-order valence-electron chi connectivity index (χ3n) is 5.43. The highest BCUT2D eigenvalue weighted by Crippen LogP contribution is 2.39. The summed E-state index contributed by atoms with van der Waals surface area (Å²) in [6.07, 6.45) is 5.13. The lowest BCUT2D eigenvalue weighted by atomic mass is 9.83. The topological polar surface area (TPSA) is 52.6 Å². The molecule has 0 aromatic heterocycles. The molecule has 0 spiro atoms. The summed E-state index contributed by atoms with van der Waals surface area (Å²) in [6, 6.07) is 0.867. The van der Waals surface area contributed by atoms with Crippen molar-refractivity contribution in [3.8, 4) is 0 Å². The monoisotopic (exact) mass is 296 g/mol. The third-order valence-corrected chi connectivity index (χ3v) is 5.43. The minimum atomic E-state index is -0.692. The lowest BCUT2D eigenvalue weighted by molar-refractivity contribution is -0.147. The molecule has 0 aromatic rings. The van der Waals surface area contributed by atoms with Crippen molar-refractivity contribution < 1.29 is 9.90 Å². The van der Waals surface area contributed by atoms with Crippen LogP contribution in [-0.4, -0.2) is 46.7 Å². The van der Waals surface area contributed by atoms with Crippen LogP contribution in [0.4, 0.5) is 0 Å². The van der Waals surface area contributed by atoms with Crippen LogP contribution in [-0.2, 0) is 4.79 Å². The molecular weight excluding hydrogens is 264 g/mol. The molecule has 4 heteroatoms. The average molecular weight is 296 g/mol. The van der Waals surface area contributed by atoms with E-state index >= 15 is 0 Å². The van der Waals surface area contributed by atoms with Gasteiger partial charge in [0.25, 0.3) is 0 Å². The summed E-state index contributed by atoms with van der Waals surface area (Å²) in [6.45, 7) is 10.9. The minimum Gasteiger partial charge on any atom is -0.480 e. The van der Waals surface area contributed by atoms with Gasteiger partial charge in [-0.25, -0.2) is 0 Å². The Hall–Kier alpha value is -0.610. The summed E-state index contributed by atoms with van der Waals surface area (Å²) < 4.78 is 0. The van der Waals surface area contributed by atoms with Crippen molar-refractivity contribution in [1.29, 1.82) is 0 Å². The number of likely N-dealkylation sites (tertiary alicyclic amines) is 1. The highest BCUT2D eigenvalue weighted by atomic mass is 16.4. The zero-order valence-corrected chi connectivity index (χ0v) is 14.1. The van der Waals surface area contributed by atoms with Gasteiger partial charge in [0.15, 0.2) is 0 Å². The van der Waals surface area contributed by atoms with Crippen LogP contribution in [0, 0.1) is 11.8 Å². The molecule has 4 atom stereocenters. The number of carboxylic acids is 1. The molecule has 21 heavy (non-hydrogen) atoms. The molecular formula is C17H32N2O2. The van der Waals surface area contributed by atoms with Crippen molar-refractivity contribution in [2.75, 3.05) is 13.1 Å². The fourth-order valence-corrected chi connectivity index (χ4v) is 4.54. The van der Waals surface area contributed by atoms with E-state index in [0.29, 0.717) is 6.04 Å². The van der Waals surface area contributed by atoms with Gasteiger partial charge in [-0.2, -0.15) is 0 Å². The molecule has 4 nitrogen and oxygen atoms in total.